The summed E-state index contributed by atoms with van der Waals surface area (Å²) in [5, 5.41) is 3.47. The van der Waals surface area contributed by atoms with E-state index in [9.17, 15) is 0 Å². The Labute approximate surface area is 126 Å². The second-order valence-corrected chi connectivity index (χ2v) is 4.91. The number of benzene rings is 2. The largest absolute Gasteiger partial charge is 0.493 e. The number of aryl methyl sites for hydroxylation is 1. The molecule has 0 aliphatic carbocycles. The molecule has 0 saturated carbocycles. The van der Waals surface area contributed by atoms with Crippen LogP contribution in [-0.2, 0) is 13.1 Å². The number of rotatable bonds is 7. The number of ether oxygens (including phenoxy) is 2. The summed E-state index contributed by atoms with van der Waals surface area (Å²) in [4.78, 5) is 0. The molecule has 0 heterocycles. The summed E-state index contributed by atoms with van der Waals surface area (Å²) in [5.74, 6) is 1.62. The SMILES string of the molecule is CCOc1cccc(CNCc2ccccc2C)c1OC. The molecule has 0 aromatic heterocycles. The van der Waals surface area contributed by atoms with Crippen molar-refractivity contribution in [2.75, 3.05) is 13.7 Å². The van der Waals surface area contributed by atoms with Gasteiger partial charge in [0.05, 0.1) is 13.7 Å². The molecular formula is C18H23NO2. The Morgan fingerprint density at radius 3 is 2.38 bits per heavy atom. The first-order valence-corrected chi connectivity index (χ1v) is 7.30. The smallest absolute Gasteiger partial charge is 0.165 e. The first-order valence-electron chi connectivity index (χ1n) is 7.30. The summed E-state index contributed by atoms with van der Waals surface area (Å²) < 4.78 is 11.1. The maximum Gasteiger partial charge on any atom is 0.165 e. The minimum atomic E-state index is 0.635. The van der Waals surface area contributed by atoms with E-state index in [1.54, 1.807) is 7.11 Å². The van der Waals surface area contributed by atoms with E-state index in [0.717, 1.165) is 30.2 Å². The van der Waals surface area contributed by atoms with Crippen LogP contribution < -0.4 is 14.8 Å². The predicted molar refractivity (Wildman–Crippen MR) is 85.9 cm³/mol. The van der Waals surface area contributed by atoms with Crippen molar-refractivity contribution in [2.45, 2.75) is 26.9 Å². The zero-order chi connectivity index (χ0) is 15.1. The van der Waals surface area contributed by atoms with E-state index in [4.69, 9.17) is 9.47 Å². The van der Waals surface area contributed by atoms with Gasteiger partial charge in [0, 0.05) is 18.7 Å². The quantitative estimate of drug-likeness (QED) is 0.841. The van der Waals surface area contributed by atoms with Crippen molar-refractivity contribution in [1.82, 2.24) is 5.32 Å². The molecule has 2 rings (SSSR count). The Morgan fingerprint density at radius 1 is 0.952 bits per heavy atom. The fourth-order valence-electron chi connectivity index (χ4n) is 2.34. The van der Waals surface area contributed by atoms with Crippen molar-refractivity contribution in [2.24, 2.45) is 0 Å². The van der Waals surface area contributed by atoms with E-state index in [1.165, 1.54) is 11.1 Å². The molecule has 1 N–H and O–H groups in total. The van der Waals surface area contributed by atoms with E-state index in [0.29, 0.717) is 6.61 Å². The Hall–Kier alpha value is -2.00. The van der Waals surface area contributed by atoms with E-state index in [-0.39, 0.29) is 0 Å². The summed E-state index contributed by atoms with van der Waals surface area (Å²) in [6.07, 6.45) is 0. The van der Waals surface area contributed by atoms with Crippen molar-refractivity contribution in [3.05, 3.63) is 59.2 Å². The molecule has 0 atom stereocenters. The van der Waals surface area contributed by atoms with Crippen LogP contribution in [0.5, 0.6) is 11.5 Å². The van der Waals surface area contributed by atoms with Gasteiger partial charge in [0.1, 0.15) is 0 Å². The van der Waals surface area contributed by atoms with Crippen LogP contribution >= 0.6 is 0 Å². The number of nitrogens with one attached hydrogen (secondary N) is 1. The third kappa shape index (κ3) is 3.99. The molecule has 2 aromatic rings. The standard InChI is InChI=1S/C18H23NO2/c1-4-21-17-11-7-10-16(18(17)20-3)13-19-12-15-9-6-5-8-14(15)2/h5-11,19H,4,12-13H2,1-3H3. The second-order valence-electron chi connectivity index (χ2n) is 4.91. The summed E-state index contributed by atoms with van der Waals surface area (Å²) in [6.45, 7) is 6.33. The number of hydrogen-bond acceptors (Lipinski definition) is 3. The maximum absolute atomic E-state index is 5.60. The van der Waals surface area contributed by atoms with Gasteiger partial charge in [0.25, 0.3) is 0 Å². The van der Waals surface area contributed by atoms with E-state index >= 15 is 0 Å². The van der Waals surface area contributed by atoms with Gasteiger partial charge in [-0.1, -0.05) is 36.4 Å². The Bertz CT molecular complexity index is 581. The highest BCUT2D eigenvalue weighted by molar-refractivity contribution is 5.46. The monoisotopic (exact) mass is 285 g/mol. The predicted octanol–water partition coefficient (Wildman–Crippen LogP) is 3.69. The van der Waals surface area contributed by atoms with E-state index in [2.05, 4.69) is 42.6 Å². The van der Waals surface area contributed by atoms with Crippen molar-refractivity contribution in [1.29, 1.82) is 0 Å². The normalized spacial score (nSPS) is 10.4. The fourth-order valence-corrected chi connectivity index (χ4v) is 2.34. The third-order valence-electron chi connectivity index (χ3n) is 3.46. The molecule has 21 heavy (non-hydrogen) atoms. The molecule has 2 aromatic carbocycles. The van der Waals surface area contributed by atoms with E-state index < -0.39 is 0 Å². The van der Waals surface area contributed by atoms with Crippen LogP contribution in [0.4, 0.5) is 0 Å². The minimum Gasteiger partial charge on any atom is -0.493 e. The van der Waals surface area contributed by atoms with Gasteiger partial charge in [-0.05, 0) is 31.0 Å². The van der Waals surface area contributed by atoms with Gasteiger partial charge >= 0.3 is 0 Å². The number of methoxy groups -OCH3 is 1. The second kappa shape index (κ2) is 7.70. The Morgan fingerprint density at radius 2 is 1.67 bits per heavy atom. The van der Waals surface area contributed by atoms with Gasteiger partial charge in [-0.15, -0.1) is 0 Å². The topological polar surface area (TPSA) is 30.5 Å². The molecule has 3 heteroatoms. The van der Waals surface area contributed by atoms with Crippen molar-refractivity contribution in [3.8, 4) is 11.5 Å². The molecule has 0 amide bonds. The third-order valence-corrected chi connectivity index (χ3v) is 3.46. The Balaban J connectivity index is 2.03. The molecule has 112 valence electrons. The molecule has 0 unspecified atom stereocenters. The highest BCUT2D eigenvalue weighted by Gasteiger charge is 2.09. The molecule has 0 radical (unpaired) electrons. The minimum absolute atomic E-state index is 0.635. The molecule has 0 saturated heterocycles. The van der Waals surface area contributed by atoms with Crippen LogP contribution in [0.15, 0.2) is 42.5 Å². The lowest BCUT2D eigenvalue weighted by atomic mass is 10.1. The van der Waals surface area contributed by atoms with Crippen LogP contribution in [-0.4, -0.2) is 13.7 Å². The van der Waals surface area contributed by atoms with Crippen LogP contribution in [0.1, 0.15) is 23.6 Å². The van der Waals surface area contributed by atoms with Gasteiger partial charge in [-0.25, -0.2) is 0 Å². The summed E-state index contributed by atoms with van der Waals surface area (Å²) in [6, 6.07) is 14.4. The van der Waals surface area contributed by atoms with Gasteiger partial charge in [-0.2, -0.15) is 0 Å². The summed E-state index contributed by atoms with van der Waals surface area (Å²) in [7, 11) is 1.68. The molecule has 0 bridgehead atoms. The molecule has 0 aliphatic heterocycles. The van der Waals surface area contributed by atoms with Crippen LogP contribution in [0.3, 0.4) is 0 Å². The van der Waals surface area contributed by atoms with Crippen molar-refractivity contribution in [3.63, 3.8) is 0 Å². The summed E-state index contributed by atoms with van der Waals surface area (Å²) in [5.41, 5.74) is 3.73. The highest BCUT2D eigenvalue weighted by Crippen LogP contribution is 2.30. The average Bonchev–Trinajstić information content (AvgIpc) is 2.50. The lowest BCUT2D eigenvalue weighted by Crippen LogP contribution is -2.14. The summed E-state index contributed by atoms with van der Waals surface area (Å²) >= 11 is 0. The maximum atomic E-state index is 5.60. The first kappa shape index (κ1) is 15.4. The Kier molecular flexibility index (Phi) is 5.64. The van der Waals surface area contributed by atoms with Crippen LogP contribution in [0, 0.1) is 6.92 Å². The fraction of sp³-hybridized carbons (Fsp3) is 0.333. The average molecular weight is 285 g/mol. The van der Waals surface area contributed by atoms with Crippen LogP contribution in [0.25, 0.3) is 0 Å². The highest BCUT2D eigenvalue weighted by atomic mass is 16.5. The zero-order valence-electron chi connectivity index (χ0n) is 13.0. The van der Waals surface area contributed by atoms with Gasteiger partial charge in [0.2, 0.25) is 0 Å². The zero-order valence-corrected chi connectivity index (χ0v) is 13.0. The van der Waals surface area contributed by atoms with Gasteiger partial charge in [0.15, 0.2) is 11.5 Å². The molecule has 0 spiro atoms. The lowest BCUT2D eigenvalue weighted by molar-refractivity contribution is 0.308. The first-order chi connectivity index (χ1) is 10.3. The van der Waals surface area contributed by atoms with E-state index in [1.807, 2.05) is 19.1 Å². The lowest BCUT2D eigenvalue weighted by Gasteiger charge is -2.14. The number of para-hydroxylation sites is 1. The molecule has 3 nitrogen and oxygen atoms in total. The van der Waals surface area contributed by atoms with Crippen molar-refractivity contribution >= 4 is 0 Å². The number of hydrogen-bond donors (Lipinski definition) is 1. The molecule has 0 aliphatic rings. The van der Waals surface area contributed by atoms with Gasteiger partial charge < -0.3 is 14.8 Å². The van der Waals surface area contributed by atoms with Crippen molar-refractivity contribution < 1.29 is 9.47 Å². The molecule has 0 fully saturated rings. The van der Waals surface area contributed by atoms with Crippen LogP contribution in [0.2, 0.25) is 0 Å². The molecular weight excluding hydrogens is 262 g/mol. The van der Waals surface area contributed by atoms with Gasteiger partial charge in [-0.3, -0.25) is 0 Å².